The number of rotatable bonds is 1. The molecule has 0 unspecified atom stereocenters. The number of hydrogen-bond donors (Lipinski definition) is 2. The first-order valence-electron chi connectivity index (χ1n) is 19.7. The second-order valence-electron chi connectivity index (χ2n) is 14.0. The third kappa shape index (κ3) is 23.3. The van der Waals surface area contributed by atoms with Crippen LogP contribution < -0.4 is 10.6 Å². The van der Waals surface area contributed by atoms with Crippen LogP contribution in [0, 0.1) is 0 Å². The van der Waals surface area contributed by atoms with Gasteiger partial charge in [0.2, 0.25) is 0 Å². The van der Waals surface area contributed by atoms with Crippen LogP contribution in [0.5, 0.6) is 0 Å². The van der Waals surface area contributed by atoms with Crippen LogP contribution in [-0.4, -0.2) is 211 Å². The Kier molecular flexibility index (Phi) is 26.3. The molecular formula is C38H78N14. The van der Waals surface area contributed by atoms with Crippen molar-refractivity contribution in [2.24, 2.45) is 30.0 Å². The standard InChI is InChI=1S/C7H16N2.3C6H12N2.2C5H10N2.C3H6N2/c1-8-4-3-5-9(2)7-6-8;2*1-6-7-4-3-5-8(6)2;1-3-8-5-4-7-6(8)2;1-5-6-3-4-7(5)2;1-5-6-3-2-4-7-5;1-2-5-3-4-1/h3-7H2,1-2H3;3*3-5H2,1-2H3;3-4H2,1-2H3;2-4H2,1H3,(H,6,7);3H,1-2H2,(H,4,5). The van der Waals surface area contributed by atoms with Crippen LogP contribution in [0.4, 0.5) is 0 Å². The molecule has 7 aliphatic heterocycles. The van der Waals surface area contributed by atoms with Crippen molar-refractivity contribution in [2.75, 3.05) is 146 Å². The van der Waals surface area contributed by atoms with Gasteiger partial charge in [0.1, 0.15) is 0 Å². The average molecular weight is 731 g/mol. The molecular weight excluding hydrogens is 653 g/mol. The number of hydrogen-bond acceptors (Lipinski definition) is 14. The quantitative estimate of drug-likeness (QED) is 0.424. The van der Waals surface area contributed by atoms with Gasteiger partial charge in [-0.2, -0.15) is 0 Å². The summed E-state index contributed by atoms with van der Waals surface area (Å²) in [5.41, 5.74) is 0. The fourth-order valence-corrected chi connectivity index (χ4v) is 5.44. The van der Waals surface area contributed by atoms with E-state index in [0.29, 0.717) is 0 Å². The molecule has 300 valence electrons. The van der Waals surface area contributed by atoms with Crippen molar-refractivity contribution in [3.05, 3.63) is 0 Å². The first-order valence-corrected chi connectivity index (χ1v) is 19.7. The summed E-state index contributed by atoms with van der Waals surface area (Å²) in [7, 11) is 10.6. The smallest absolute Gasteiger partial charge is 0.0958 e. The number of amidine groups is 5. The maximum Gasteiger partial charge on any atom is 0.0958 e. The van der Waals surface area contributed by atoms with Gasteiger partial charge in [-0.25, -0.2) is 0 Å². The number of aliphatic imine (C=N–C) groups is 6. The van der Waals surface area contributed by atoms with E-state index in [9.17, 15) is 0 Å². The van der Waals surface area contributed by atoms with Crippen molar-refractivity contribution in [1.29, 1.82) is 0 Å². The zero-order valence-corrected chi connectivity index (χ0v) is 35.3. The Balaban J connectivity index is 0.000000305. The predicted molar refractivity (Wildman–Crippen MR) is 228 cm³/mol. The van der Waals surface area contributed by atoms with Crippen molar-refractivity contribution in [3.8, 4) is 0 Å². The number of nitrogens with one attached hydrogen (secondary N) is 2. The first-order chi connectivity index (χ1) is 24.9. The van der Waals surface area contributed by atoms with Crippen LogP contribution in [-0.2, 0) is 0 Å². The van der Waals surface area contributed by atoms with Crippen molar-refractivity contribution >= 4 is 35.5 Å². The monoisotopic (exact) mass is 731 g/mol. The van der Waals surface area contributed by atoms with Gasteiger partial charge < -0.3 is 40.0 Å². The highest BCUT2D eigenvalue weighted by atomic mass is 15.2. The third-order valence-electron chi connectivity index (χ3n) is 9.54. The first kappa shape index (κ1) is 46.8. The van der Waals surface area contributed by atoms with Gasteiger partial charge in [-0.1, -0.05) is 0 Å². The van der Waals surface area contributed by atoms with E-state index in [-0.39, 0.29) is 0 Å². The fraction of sp³-hybridized carbons (Fsp3) is 0.842. The van der Waals surface area contributed by atoms with Gasteiger partial charge in [-0.15, -0.1) is 0 Å². The lowest BCUT2D eigenvalue weighted by Gasteiger charge is -2.21. The molecule has 0 aromatic carbocycles. The van der Waals surface area contributed by atoms with Crippen molar-refractivity contribution in [3.63, 3.8) is 0 Å². The molecule has 2 N–H and O–H groups in total. The minimum absolute atomic E-state index is 0.958. The Morgan fingerprint density at radius 3 is 1.25 bits per heavy atom. The summed E-state index contributed by atoms with van der Waals surface area (Å²) in [6.07, 6.45) is 6.69. The van der Waals surface area contributed by atoms with E-state index in [1.807, 2.05) is 13.8 Å². The second kappa shape index (κ2) is 29.2. The van der Waals surface area contributed by atoms with E-state index in [2.05, 4.69) is 133 Å². The Bertz CT molecular complexity index is 1070. The highest BCUT2D eigenvalue weighted by Crippen LogP contribution is 2.00. The van der Waals surface area contributed by atoms with Gasteiger partial charge in [-0.3, -0.25) is 30.0 Å². The molecule has 0 amide bonds. The van der Waals surface area contributed by atoms with Crippen LogP contribution in [0.3, 0.4) is 0 Å². The molecule has 7 rings (SSSR count). The van der Waals surface area contributed by atoms with Crippen molar-refractivity contribution < 1.29 is 0 Å². The van der Waals surface area contributed by atoms with Gasteiger partial charge >= 0.3 is 0 Å². The number of likely N-dealkylation sites (N-methyl/N-ethyl adjacent to an activating group) is 4. The molecule has 0 aromatic heterocycles. The maximum absolute atomic E-state index is 4.25. The van der Waals surface area contributed by atoms with E-state index >= 15 is 0 Å². The van der Waals surface area contributed by atoms with Crippen LogP contribution in [0.2, 0.25) is 0 Å². The highest BCUT2D eigenvalue weighted by molar-refractivity contribution is 5.81. The Morgan fingerprint density at radius 1 is 0.500 bits per heavy atom. The summed E-state index contributed by atoms with van der Waals surface area (Å²) < 4.78 is 0. The van der Waals surface area contributed by atoms with Gasteiger partial charge in [0.05, 0.1) is 55.2 Å². The molecule has 14 heteroatoms. The van der Waals surface area contributed by atoms with E-state index in [1.54, 1.807) is 6.34 Å². The minimum Gasteiger partial charge on any atom is -0.375 e. The van der Waals surface area contributed by atoms with Crippen LogP contribution in [0.15, 0.2) is 30.0 Å². The summed E-state index contributed by atoms with van der Waals surface area (Å²) in [6, 6.07) is 0. The van der Waals surface area contributed by atoms with Gasteiger partial charge in [0.25, 0.3) is 0 Å². The van der Waals surface area contributed by atoms with E-state index in [4.69, 9.17) is 0 Å². The second-order valence-corrected chi connectivity index (χ2v) is 14.0. The highest BCUT2D eigenvalue weighted by Gasteiger charge is 2.09. The largest absolute Gasteiger partial charge is 0.375 e. The molecule has 0 spiro atoms. The van der Waals surface area contributed by atoms with Gasteiger partial charge in [0, 0.05) is 99.7 Å². The average Bonchev–Trinajstić information content (AvgIpc) is 3.92. The van der Waals surface area contributed by atoms with Crippen molar-refractivity contribution in [2.45, 2.75) is 67.2 Å². The molecule has 0 atom stereocenters. The molecule has 14 nitrogen and oxygen atoms in total. The zero-order valence-electron chi connectivity index (χ0n) is 35.3. The van der Waals surface area contributed by atoms with E-state index < -0.39 is 0 Å². The van der Waals surface area contributed by atoms with Crippen LogP contribution >= 0.6 is 0 Å². The molecule has 0 radical (unpaired) electrons. The molecule has 1 fully saturated rings. The minimum atomic E-state index is 0.958. The summed E-state index contributed by atoms with van der Waals surface area (Å²) in [6.45, 7) is 31.2. The number of nitrogens with zero attached hydrogens (tertiary/aromatic N) is 12. The molecule has 7 heterocycles. The Hall–Kier alpha value is -3.26. The van der Waals surface area contributed by atoms with Crippen molar-refractivity contribution in [1.82, 2.24) is 40.0 Å². The molecule has 0 bridgehead atoms. The Morgan fingerprint density at radius 2 is 1.00 bits per heavy atom. The normalized spacial score (nSPS) is 21.2. The molecule has 0 saturated carbocycles. The Labute approximate surface area is 318 Å². The molecule has 1 saturated heterocycles. The molecule has 0 aromatic rings. The lowest BCUT2D eigenvalue weighted by Crippen LogP contribution is -2.29. The topological polar surface area (TPSA) is 118 Å². The molecule has 0 aliphatic carbocycles. The summed E-state index contributed by atoms with van der Waals surface area (Å²) in [4.78, 5) is 38.5. The third-order valence-corrected chi connectivity index (χ3v) is 9.54. The summed E-state index contributed by atoms with van der Waals surface area (Å²) >= 11 is 0. The maximum atomic E-state index is 4.25. The van der Waals surface area contributed by atoms with Crippen LogP contribution in [0.25, 0.3) is 0 Å². The van der Waals surface area contributed by atoms with Crippen LogP contribution in [0.1, 0.15) is 67.2 Å². The van der Waals surface area contributed by atoms with E-state index in [0.717, 1.165) is 77.8 Å². The van der Waals surface area contributed by atoms with E-state index in [1.165, 1.54) is 88.3 Å². The molecule has 52 heavy (non-hydrogen) atoms. The summed E-state index contributed by atoms with van der Waals surface area (Å²) in [5, 5.41) is 6.06. The van der Waals surface area contributed by atoms with Gasteiger partial charge in [-0.05, 0) is 94.4 Å². The van der Waals surface area contributed by atoms with Gasteiger partial charge in [0.15, 0.2) is 0 Å². The molecule has 7 aliphatic rings. The lowest BCUT2D eigenvalue weighted by molar-refractivity contribution is 0.320. The fourth-order valence-electron chi connectivity index (χ4n) is 5.44. The SMILES string of the molecule is C1=NCCN1.CC1=NCCCN1.CC1=NCCCN1C.CC1=NCCCN1C.CC1=NCCN1C.CCN1CCN=C1C.CN1CCCN(C)CC1. The zero-order chi connectivity index (χ0) is 38.6. The lowest BCUT2D eigenvalue weighted by atomic mass is 10.3. The predicted octanol–water partition coefficient (Wildman–Crippen LogP) is 2.84. The summed E-state index contributed by atoms with van der Waals surface area (Å²) in [5.74, 6) is 5.81.